The lowest BCUT2D eigenvalue weighted by molar-refractivity contribution is -0.110. The minimum Gasteiger partial charge on any atom is -0.465 e. The van der Waals surface area contributed by atoms with E-state index >= 15 is 0 Å². The third-order valence-electron chi connectivity index (χ3n) is 1.88. The first-order valence-corrected chi connectivity index (χ1v) is 4.79. The maximum absolute atomic E-state index is 10.5. The van der Waals surface area contributed by atoms with Gasteiger partial charge in [0.05, 0.1) is 13.2 Å². The van der Waals surface area contributed by atoms with Gasteiger partial charge in [0.25, 0.3) is 0 Å². The standard InChI is InChI=1S/C11H13NO4/c13-6-10(12-11(14)15)8-16-7-9-4-2-1-3-5-9/h1-6,10,12H,7-8H2,(H,14,15)/t10-/m0/s1. The number of amides is 1. The highest BCUT2D eigenvalue weighted by Gasteiger charge is 2.09. The Kier molecular flexibility index (Phi) is 5.01. The van der Waals surface area contributed by atoms with E-state index in [9.17, 15) is 9.59 Å². The number of aldehydes is 1. The predicted octanol–water partition coefficient (Wildman–Crippen LogP) is 1.04. The molecule has 0 aliphatic heterocycles. The summed E-state index contributed by atoms with van der Waals surface area (Å²) in [6, 6.07) is 8.61. The Morgan fingerprint density at radius 3 is 2.69 bits per heavy atom. The number of hydrogen-bond acceptors (Lipinski definition) is 3. The van der Waals surface area contributed by atoms with Crippen molar-refractivity contribution < 1.29 is 19.4 Å². The fourth-order valence-corrected chi connectivity index (χ4v) is 1.15. The first-order chi connectivity index (χ1) is 7.72. The molecule has 0 aliphatic rings. The van der Waals surface area contributed by atoms with E-state index in [0.717, 1.165) is 5.56 Å². The first kappa shape index (κ1) is 12.2. The van der Waals surface area contributed by atoms with Crippen LogP contribution in [0.3, 0.4) is 0 Å². The van der Waals surface area contributed by atoms with Gasteiger partial charge < -0.3 is 20.0 Å². The van der Waals surface area contributed by atoms with E-state index in [4.69, 9.17) is 9.84 Å². The van der Waals surface area contributed by atoms with Crippen molar-refractivity contribution >= 4 is 12.4 Å². The summed E-state index contributed by atoms with van der Waals surface area (Å²) in [5.74, 6) is 0. The lowest BCUT2D eigenvalue weighted by atomic mass is 10.2. The van der Waals surface area contributed by atoms with Gasteiger partial charge in [-0.15, -0.1) is 0 Å². The van der Waals surface area contributed by atoms with Crippen LogP contribution in [0.15, 0.2) is 30.3 Å². The molecular formula is C11H13NO4. The quantitative estimate of drug-likeness (QED) is 0.706. The first-order valence-electron chi connectivity index (χ1n) is 4.79. The van der Waals surface area contributed by atoms with E-state index in [1.807, 2.05) is 35.6 Å². The highest BCUT2D eigenvalue weighted by molar-refractivity contribution is 5.71. The van der Waals surface area contributed by atoms with Gasteiger partial charge in [-0.2, -0.15) is 0 Å². The Balaban J connectivity index is 2.28. The molecule has 0 radical (unpaired) electrons. The SMILES string of the molecule is O=C[C@@H](COCc1ccccc1)NC(=O)O. The predicted molar refractivity (Wildman–Crippen MR) is 57.1 cm³/mol. The maximum atomic E-state index is 10.5. The molecule has 1 aromatic rings. The number of hydrogen-bond donors (Lipinski definition) is 2. The summed E-state index contributed by atoms with van der Waals surface area (Å²) in [5.41, 5.74) is 0.975. The molecule has 0 aliphatic carbocycles. The fourth-order valence-electron chi connectivity index (χ4n) is 1.15. The Morgan fingerprint density at radius 2 is 2.12 bits per heavy atom. The Labute approximate surface area is 93.0 Å². The molecule has 0 bridgehead atoms. The number of carbonyl (C=O) groups is 2. The number of ether oxygens (including phenoxy) is 1. The van der Waals surface area contributed by atoms with Gasteiger partial charge in [-0.25, -0.2) is 4.79 Å². The van der Waals surface area contributed by atoms with Crippen LogP contribution in [0.4, 0.5) is 4.79 Å². The Hall–Kier alpha value is -1.88. The lowest BCUT2D eigenvalue weighted by Crippen LogP contribution is -2.38. The molecule has 5 nitrogen and oxygen atoms in total. The van der Waals surface area contributed by atoms with Crippen molar-refractivity contribution in [2.45, 2.75) is 12.6 Å². The molecule has 1 amide bonds. The molecule has 1 aromatic carbocycles. The molecule has 5 heteroatoms. The van der Waals surface area contributed by atoms with E-state index in [1.165, 1.54) is 0 Å². The summed E-state index contributed by atoms with van der Waals surface area (Å²) in [6.07, 6.45) is -0.723. The summed E-state index contributed by atoms with van der Waals surface area (Å²) in [7, 11) is 0. The van der Waals surface area contributed by atoms with Gasteiger partial charge in [0.15, 0.2) is 0 Å². The van der Waals surface area contributed by atoms with Crippen molar-refractivity contribution in [1.82, 2.24) is 5.32 Å². The summed E-state index contributed by atoms with van der Waals surface area (Å²) < 4.78 is 5.22. The van der Waals surface area contributed by atoms with Gasteiger partial charge >= 0.3 is 6.09 Å². The van der Waals surface area contributed by atoms with Gasteiger partial charge in [0, 0.05) is 0 Å². The zero-order valence-corrected chi connectivity index (χ0v) is 8.63. The molecule has 16 heavy (non-hydrogen) atoms. The van der Waals surface area contributed by atoms with E-state index in [2.05, 4.69) is 0 Å². The average molecular weight is 223 g/mol. The highest BCUT2D eigenvalue weighted by atomic mass is 16.5. The van der Waals surface area contributed by atoms with Crippen LogP contribution < -0.4 is 5.32 Å². The van der Waals surface area contributed by atoms with Crippen LogP contribution in [-0.2, 0) is 16.1 Å². The van der Waals surface area contributed by atoms with Crippen molar-refractivity contribution in [3.05, 3.63) is 35.9 Å². The smallest absolute Gasteiger partial charge is 0.405 e. The number of rotatable bonds is 6. The molecule has 0 unspecified atom stereocenters. The third kappa shape index (κ3) is 4.56. The second kappa shape index (κ2) is 6.58. The normalized spacial score (nSPS) is 11.8. The molecule has 0 aromatic heterocycles. The van der Waals surface area contributed by atoms with Gasteiger partial charge in [0.2, 0.25) is 0 Å². The fraction of sp³-hybridized carbons (Fsp3) is 0.273. The van der Waals surface area contributed by atoms with Crippen LogP contribution >= 0.6 is 0 Å². The molecule has 0 saturated carbocycles. The van der Waals surface area contributed by atoms with Crippen molar-refractivity contribution in [3.8, 4) is 0 Å². The van der Waals surface area contributed by atoms with Crippen LogP contribution in [0.1, 0.15) is 5.56 Å². The molecule has 2 N–H and O–H groups in total. The number of nitrogens with one attached hydrogen (secondary N) is 1. The zero-order chi connectivity index (χ0) is 11.8. The minimum atomic E-state index is -1.24. The van der Waals surface area contributed by atoms with Crippen molar-refractivity contribution in [3.63, 3.8) is 0 Å². The van der Waals surface area contributed by atoms with Gasteiger partial charge in [0.1, 0.15) is 12.3 Å². The summed E-state index contributed by atoms with van der Waals surface area (Å²) in [5, 5.41) is 10.4. The summed E-state index contributed by atoms with van der Waals surface area (Å²) >= 11 is 0. The number of benzene rings is 1. The zero-order valence-electron chi connectivity index (χ0n) is 8.63. The van der Waals surface area contributed by atoms with Gasteiger partial charge in [-0.1, -0.05) is 30.3 Å². The molecule has 0 saturated heterocycles. The van der Waals surface area contributed by atoms with E-state index < -0.39 is 12.1 Å². The monoisotopic (exact) mass is 223 g/mol. The second-order valence-corrected chi connectivity index (χ2v) is 3.19. The topological polar surface area (TPSA) is 75.6 Å². The van der Waals surface area contributed by atoms with Crippen LogP contribution in [0, 0.1) is 0 Å². The van der Waals surface area contributed by atoms with Crippen molar-refractivity contribution in [2.75, 3.05) is 6.61 Å². The highest BCUT2D eigenvalue weighted by Crippen LogP contribution is 2.00. The third-order valence-corrected chi connectivity index (χ3v) is 1.88. The van der Waals surface area contributed by atoms with E-state index in [1.54, 1.807) is 0 Å². The lowest BCUT2D eigenvalue weighted by Gasteiger charge is -2.10. The molecule has 1 atom stereocenters. The van der Waals surface area contributed by atoms with Gasteiger partial charge in [-0.3, -0.25) is 0 Å². The second-order valence-electron chi connectivity index (χ2n) is 3.19. The van der Waals surface area contributed by atoms with Crippen LogP contribution in [0.2, 0.25) is 0 Å². The molecule has 0 heterocycles. The van der Waals surface area contributed by atoms with Crippen LogP contribution in [0.5, 0.6) is 0 Å². The maximum Gasteiger partial charge on any atom is 0.405 e. The van der Waals surface area contributed by atoms with E-state index in [-0.39, 0.29) is 6.61 Å². The molecule has 1 rings (SSSR count). The van der Waals surface area contributed by atoms with E-state index in [0.29, 0.717) is 12.9 Å². The van der Waals surface area contributed by atoms with Crippen LogP contribution in [-0.4, -0.2) is 30.1 Å². The average Bonchev–Trinajstić information content (AvgIpc) is 2.28. The number of carboxylic acid groups (broad SMARTS) is 1. The molecule has 0 fully saturated rings. The van der Waals surface area contributed by atoms with Gasteiger partial charge in [-0.05, 0) is 5.56 Å². The Morgan fingerprint density at radius 1 is 1.44 bits per heavy atom. The number of carbonyl (C=O) groups excluding carboxylic acids is 1. The molecular weight excluding hydrogens is 210 g/mol. The van der Waals surface area contributed by atoms with Crippen molar-refractivity contribution in [1.29, 1.82) is 0 Å². The van der Waals surface area contributed by atoms with Crippen LogP contribution in [0.25, 0.3) is 0 Å². The Bertz CT molecular complexity index is 339. The summed E-state index contributed by atoms with van der Waals surface area (Å²) in [4.78, 5) is 20.8. The largest absolute Gasteiger partial charge is 0.465 e. The minimum absolute atomic E-state index is 0.0324. The van der Waals surface area contributed by atoms with Crippen molar-refractivity contribution in [2.24, 2.45) is 0 Å². The summed E-state index contributed by atoms with van der Waals surface area (Å²) in [6.45, 7) is 0.386. The molecule has 0 spiro atoms. The molecule has 86 valence electrons.